The lowest BCUT2D eigenvalue weighted by Gasteiger charge is -2.32. The molecule has 1 unspecified atom stereocenters. The number of aryl methyl sites for hydroxylation is 1. The number of allylic oxidation sites excluding steroid dienone is 2. The summed E-state index contributed by atoms with van der Waals surface area (Å²) in [5, 5.41) is 9.39. The van der Waals surface area contributed by atoms with Crippen molar-refractivity contribution in [3.8, 4) is 5.75 Å². The van der Waals surface area contributed by atoms with Crippen molar-refractivity contribution in [2.24, 2.45) is 0 Å². The predicted octanol–water partition coefficient (Wildman–Crippen LogP) is 7.82. The number of carbonyl (C=O) groups excluding carboxylic acids is 1. The maximum atomic E-state index is 14.2. The zero-order valence-corrected chi connectivity index (χ0v) is 31.6. The average molecular weight is 703 g/mol. The molecular weight excluding hydrogens is 649 g/mol. The number of aromatic nitrogens is 5. The number of hydrogen-bond donors (Lipinski definition) is 1. The fourth-order valence-electron chi connectivity index (χ4n) is 7.50. The van der Waals surface area contributed by atoms with Gasteiger partial charge in [-0.15, -0.1) is 0 Å². The van der Waals surface area contributed by atoms with Crippen LogP contribution in [0.4, 0.5) is 5.69 Å². The Hall–Kier alpha value is -4.54. The number of amides is 1. The molecule has 1 aliphatic carbocycles. The summed E-state index contributed by atoms with van der Waals surface area (Å²) in [6.45, 7) is 15.1. The Kier molecular flexibility index (Phi) is 11.0. The molecule has 4 aromatic heterocycles. The lowest BCUT2D eigenvalue weighted by atomic mass is 9.91. The molecule has 0 spiro atoms. The van der Waals surface area contributed by atoms with Crippen LogP contribution in [0.15, 0.2) is 66.6 Å². The predicted molar refractivity (Wildman–Crippen MR) is 209 cm³/mol. The van der Waals surface area contributed by atoms with Gasteiger partial charge in [0.2, 0.25) is 0 Å². The van der Waals surface area contributed by atoms with Crippen molar-refractivity contribution < 1.29 is 9.53 Å². The van der Waals surface area contributed by atoms with Crippen molar-refractivity contribution >= 4 is 28.1 Å². The average Bonchev–Trinajstić information content (AvgIpc) is 3.81. The van der Waals surface area contributed by atoms with Crippen molar-refractivity contribution in [1.82, 2.24) is 33.9 Å². The number of nitrogens with zero attached hydrogens (tertiary/aromatic N) is 7. The SMILES string of the molecule is CCC(=CCC(CC)c1c(OCCN2CCN(C)CC2)ccn2c(C(=O)Nc3cccc4c3c(C3CC3)nn4Cc3ccc(C)nc3)cnc12)CC. The van der Waals surface area contributed by atoms with Crippen molar-refractivity contribution in [1.29, 1.82) is 0 Å². The highest BCUT2D eigenvalue weighted by molar-refractivity contribution is 6.09. The van der Waals surface area contributed by atoms with Gasteiger partial charge < -0.3 is 15.0 Å². The zero-order valence-electron chi connectivity index (χ0n) is 31.6. The van der Waals surface area contributed by atoms with Gasteiger partial charge in [0.1, 0.15) is 23.7 Å². The molecule has 7 rings (SSSR count). The molecule has 10 nitrogen and oxygen atoms in total. The molecule has 1 N–H and O–H groups in total. The lowest BCUT2D eigenvalue weighted by Crippen LogP contribution is -2.45. The summed E-state index contributed by atoms with van der Waals surface area (Å²) >= 11 is 0. The molecule has 5 heterocycles. The topological polar surface area (TPSA) is 92.8 Å². The van der Waals surface area contributed by atoms with E-state index in [-0.39, 0.29) is 11.8 Å². The van der Waals surface area contributed by atoms with E-state index in [1.165, 1.54) is 5.57 Å². The Morgan fingerprint density at radius 1 is 1.02 bits per heavy atom. The second kappa shape index (κ2) is 16.0. The lowest BCUT2D eigenvalue weighted by molar-refractivity contribution is 0.102. The molecule has 2 aliphatic rings. The zero-order chi connectivity index (χ0) is 36.2. The van der Waals surface area contributed by atoms with Gasteiger partial charge in [-0.2, -0.15) is 5.10 Å². The van der Waals surface area contributed by atoms with Crippen LogP contribution < -0.4 is 10.1 Å². The van der Waals surface area contributed by atoms with Gasteiger partial charge in [-0.05, 0) is 88.2 Å². The first kappa shape index (κ1) is 35.8. The minimum absolute atomic E-state index is 0.195. The van der Waals surface area contributed by atoms with E-state index in [4.69, 9.17) is 14.8 Å². The van der Waals surface area contributed by atoms with Crippen molar-refractivity contribution in [2.75, 3.05) is 51.7 Å². The van der Waals surface area contributed by atoms with Crippen molar-refractivity contribution in [3.05, 3.63) is 94.8 Å². The number of anilines is 1. The van der Waals surface area contributed by atoms with Gasteiger partial charge in [-0.3, -0.25) is 23.8 Å². The van der Waals surface area contributed by atoms with Crippen LogP contribution in [0.2, 0.25) is 0 Å². The number of rotatable bonds is 15. The highest BCUT2D eigenvalue weighted by atomic mass is 16.5. The number of hydrogen-bond acceptors (Lipinski definition) is 7. The molecule has 1 atom stereocenters. The Morgan fingerprint density at radius 3 is 2.54 bits per heavy atom. The monoisotopic (exact) mass is 702 g/mol. The van der Waals surface area contributed by atoms with Crippen molar-refractivity contribution in [3.63, 3.8) is 0 Å². The van der Waals surface area contributed by atoms with Gasteiger partial charge in [0.25, 0.3) is 5.91 Å². The summed E-state index contributed by atoms with van der Waals surface area (Å²) in [6.07, 6.45) is 14.2. The molecule has 52 heavy (non-hydrogen) atoms. The van der Waals surface area contributed by atoms with Gasteiger partial charge in [0.15, 0.2) is 0 Å². The third-order valence-electron chi connectivity index (χ3n) is 11.0. The van der Waals surface area contributed by atoms with Crippen LogP contribution in [0.25, 0.3) is 16.6 Å². The number of likely N-dealkylation sites (N-methyl/N-ethyl adjacent to an activating group) is 1. The summed E-state index contributed by atoms with van der Waals surface area (Å²) in [6, 6.07) is 12.3. The molecular formula is C42H54N8O2. The van der Waals surface area contributed by atoms with Crippen LogP contribution in [-0.2, 0) is 6.54 Å². The molecule has 0 radical (unpaired) electrons. The minimum atomic E-state index is -0.195. The Bertz CT molecular complexity index is 2030. The summed E-state index contributed by atoms with van der Waals surface area (Å²) in [4.78, 5) is 28.5. The van der Waals surface area contributed by atoms with Crippen LogP contribution in [0, 0.1) is 6.92 Å². The van der Waals surface area contributed by atoms with Crippen LogP contribution in [0.3, 0.4) is 0 Å². The van der Waals surface area contributed by atoms with Crippen LogP contribution >= 0.6 is 0 Å². The highest BCUT2D eigenvalue weighted by Gasteiger charge is 2.31. The summed E-state index contributed by atoms with van der Waals surface area (Å²) < 4.78 is 10.6. The number of piperazine rings is 1. The van der Waals surface area contributed by atoms with E-state index in [0.29, 0.717) is 24.8 Å². The molecule has 1 amide bonds. The second-order valence-electron chi connectivity index (χ2n) is 14.6. The molecule has 10 heteroatoms. The van der Waals surface area contributed by atoms with E-state index in [0.717, 1.165) is 122 Å². The quantitative estimate of drug-likeness (QED) is 0.111. The summed E-state index contributed by atoms with van der Waals surface area (Å²) in [7, 11) is 2.18. The third-order valence-corrected chi connectivity index (χ3v) is 11.0. The van der Waals surface area contributed by atoms with E-state index in [1.54, 1.807) is 6.20 Å². The van der Waals surface area contributed by atoms with E-state index in [1.807, 2.05) is 48.0 Å². The summed E-state index contributed by atoms with van der Waals surface area (Å²) in [5.41, 5.74) is 8.76. The largest absolute Gasteiger partial charge is 0.492 e. The van der Waals surface area contributed by atoms with E-state index in [2.05, 4.69) is 70.8 Å². The van der Waals surface area contributed by atoms with Gasteiger partial charge in [-0.25, -0.2) is 4.98 Å². The van der Waals surface area contributed by atoms with E-state index < -0.39 is 0 Å². The van der Waals surface area contributed by atoms with Gasteiger partial charge >= 0.3 is 0 Å². The van der Waals surface area contributed by atoms with Crippen LogP contribution in [0.5, 0.6) is 5.75 Å². The number of carbonyl (C=O) groups is 1. The smallest absolute Gasteiger partial charge is 0.274 e. The second-order valence-corrected chi connectivity index (χ2v) is 14.6. The highest BCUT2D eigenvalue weighted by Crippen LogP contribution is 2.44. The molecule has 274 valence electrons. The fourth-order valence-corrected chi connectivity index (χ4v) is 7.50. The van der Waals surface area contributed by atoms with Gasteiger partial charge in [0.05, 0.1) is 29.6 Å². The third kappa shape index (κ3) is 7.78. The standard InChI is InChI=1S/C42H54N8O2/c1-6-30(7-2)14-15-32(8-3)38-37(52-25-24-48-22-20-47(5)21-23-48)18-19-49-36(27-44-41(38)49)42(51)45-34-10-9-11-35-39(34)40(33-16-17-33)46-50(35)28-31-13-12-29(4)43-26-31/h9-14,18-19,26-27,32-33H,6-8,15-17,20-25,28H2,1-5H3,(H,45,51). The maximum Gasteiger partial charge on any atom is 0.274 e. The number of imidazole rings is 1. The van der Waals surface area contributed by atoms with E-state index in [9.17, 15) is 4.79 Å². The Balaban J connectivity index is 1.19. The molecule has 0 bridgehead atoms. The molecule has 1 aliphatic heterocycles. The normalized spacial score (nSPS) is 16.0. The minimum Gasteiger partial charge on any atom is -0.492 e. The first-order valence-corrected chi connectivity index (χ1v) is 19.3. The molecule has 1 saturated heterocycles. The molecule has 2 fully saturated rings. The van der Waals surface area contributed by atoms with Crippen molar-refractivity contribution in [2.45, 2.75) is 84.6 Å². The molecule has 1 saturated carbocycles. The number of benzene rings is 1. The summed E-state index contributed by atoms with van der Waals surface area (Å²) in [5.74, 6) is 1.29. The van der Waals surface area contributed by atoms with Gasteiger partial charge in [0, 0.05) is 67.7 Å². The Morgan fingerprint density at radius 2 is 1.83 bits per heavy atom. The van der Waals surface area contributed by atoms with Crippen LogP contribution in [0.1, 0.15) is 104 Å². The molecule has 5 aromatic rings. The number of ether oxygens (including phenoxy) is 1. The van der Waals surface area contributed by atoms with Crippen LogP contribution in [-0.4, -0.2) is 86.2 Å². The van der Waals surface area contributed by atoms with E-state index >= 15 is 0 Å². The number of fused-ring (bicyclic) bond motifs is 2. The van der Waals surface area contributed by atoms with Gasteiger partial charge in [-0.1, -0.05) is 44.6 Å². The fraction of sp³-hybridized carbons (Fsp3) is 0.476. The maximum absolute atomic E-state index is 14.2. The number of pyridine rings is 2. The first-order chi connectivity index (χ1) is 25.4. The Labute approximate surface area is 307 Å². The number of nitrogens with one attached hydrogen (secondary N) is 1. The molecule has 1 aromatic carbocycles. The first-order valence-electron chi connectivity index (χ1n) is 19.3.